The molecule has 1 aliphatic rings. The van der Waals surface area contributed by atoms with Gasteiger partial charge in [-0.3, -0.25) is 0 Å². The lowest BCUT2D eigenvalue weighted by Gasteiger charge is -2.36. The van der Waals surface area contributed by atoms with Crippen molar-refractivity contribution in [2.24, 2.45) is 17.8 Å². The summed E-state index contributed by atoms with van der Waals surface area (Å²) in [5, 5.41) is 0. The lowest BCUT2D eigenvalue weighted by Crippen LogP contribution is -2.36. The molecule has 0 unspecified atom stereocenters. The summed E-state index contributed by atoms with van der Waals surface area (Å²) in [7, 11) is 0. The number of ether oxygens (including phenoxy) is 1. The van der Waals surface area contributed by atoms with Crippen LogP contribution in [0.25, 0.3) is 6.08 Å². The summed E-state index contributed by atoms with van der Waals surface area (Å²) in [6.45, 7) is 6.75. The van der Waals surface area contributed by atoms with Crippen LogP contribution in [-0.4, -0.2) is 12.1 Å². The summed E-state index contributed by atoms with van der Waals surface area (Å²) in [4.78, 5) is 13.2. The molecule has 1 aliphatic carbocycles. The largest absolute Gasteiger partial charge is 0.459 e. The smallest absolute Gasteiger partial charge is 0.334 e. The third-order valence-electron chi connectivity index (χ3n) is 5.86. The fourth-order valence-corrected chi connectivity index (χ4v) is 4.21. The van der Waals surface area contributed by atoms with E-state index in [9.17, 15) is 4.79 Å². The van der Waals surface area contributed by atoms with Gasteiger partial charge in [0, 0.05) is 12.0 Å². The van der Waals surface area contributed by atoms with Crippen molar-refractivity contribution in [1.82, 2.24) is 0 Å². The van der Waals surface area contributed by atoms with Gasteiger partial charge in [-0.05, 0) is 47.8 Å². The average Bonchev–Trinajstić information content (AvgIpc) is 2.69. The van der Waals surface area contributed by atoms with Gasteiger partial charge in [-0.1, -0.05) is 87.9 Å². The number of hydrogen-bond donors (Lipinski definition) is 0. The molecule has 0 aromatic heterocycles. The normalized spacial score (nSPS) is 22.9. The highest BCUT2D eigenvalue weighted by Gasteiger charge is 2.33. The van der Waals surface area contributed by atoms with Gasteiger partial charge in [0.2, 0.25) is 0 Å². The minimum atomic E-state index is -0.169. The van der Waals surface area contributed by atoms with Crippen LogP contribution in [0.2, 0.25) is 0 Å². The van der Waals surface area contributed by atoms with E-state index in [1.54, 1.807) is 0 Å². The summed E-state index contributed by atoms with van der Waals surface area (Å²) in [6, 6.07) is 20.2. The SMILES string of the molecule is CC(C)[C@@H]1CC[C@H](C)C[C@H]1OC(=O)C(=Cc1ccccc1)Cc1ccccc1. The summed E-state index contributed by atoms with van der Waals surface area (Å²) in [5.74, 6) is 1.43. The Labute approximate surface area is 169 Å². The Morgan fingerprint density at radius 3 is 2.32 bits per heavy atom. The van der Waals surface area contributed by atoms with Gasteiger partial charge >= 0.3 is 5.97 Å². The highest BCUT2D eigenvalue weighted by Crippen LogP contribution is 2.35. The first-order chi connectivity index (χ1) is 13.5. The Kier molecular flexibility index (Phi) is 7.08. The van der Waals surface area contributed by atoms with E-state index in [0.29, 0.717) is 24.2 Å². The van der Waals surface area contributed by atoms with E-state index < -0.39 is 0 Å². The molecule has 0 spiro atoms. The van der Waals surface area contributed by atoms with Crippen LogP contribution in [0.1, 0.15) is 51.2 Å². The van der Waals surface area contributed by atoms with Gasteiger partial charge in [0.15, 0.2) is 0 Å². The van der Waals surface area contributed by atoms with E-state index in [0.717, 1.165) is 29.5 Å². The minimum absolute atomic E-state index is 0.0196. The molecular formula is C26H32O2. The molecule has 0 saturated heterocycles. The zero-order valence-electron chi connectivity index (χ0n) is 17.3. The highest BCUT2D eigenvalue weighted by molar-refractivity contribution is 5.94. The molecule has 0 aliphatic heterocycles. The van der Waals surface area contributed by atoms with Gasteiger partial charge in [-0.2, -0.15) is 0 Å². The number of rotatable bonds is 6. The molecule has 2 nitrogen and oxygen atoms in total. The Hall–Kier alpha value is -2.35. The molecule has 0 radical (unpaired) electrons. The van der Waals surface area contributed by atoms with Gasteiger partial charge < -0.3 is 4.74 Å². The summed E-state index contributed by atoms with van der Waals surface area (Å²) in [5.41, 5.74) is 2.87. The number of hydrogen-bond acceptors (Lipinski definition) is 2. The Bertz CT molecular complexity index is 777. The van der Waals surface area contributed by atoms with Crippen LogP contribution in [0.15, 0.2) is 66.2 Å². The fraction of sp³-hybridized carbons (Fsp3) is 0.423. The predicted molar refractivity (Wildman–Crippen MR) is 116 cm³/mol. The Morgan fingerprint density at radius 1 is 1.04 bits per heavy atom. The number of carbonyl (C=O) groups is 1. The van der Waals surface area contributed by atoms with Gasteiger partial charge in [-0.25, -0.2) is 4.79 Å². The molecule has 3 rings (SSSR count). The molecule has 1 saturated carbocycles. The number of esters is 1. The molecular weight excluding hydrogens is 344 g/mol. The quantitative estimate of drug-likeness (QED) is 0.436. The monoisotopic (exact) mass is 376 g/mol. The summed E-state index contributed by atoms with van der Waals surface area (Å²) < 4.78 is 6.14. The van der Waals surface area contributed by atoms with E-state index in [4.69, 9.17) is 4.74 Å². The molecule has 2 aromatic rings. The Balaban J connectivity index is 1.82. The fourth-order valence-electron chi connectivity index (χ4n) is 4.21. The standard InChI is InChI=1S/C26H32O2/c1-19(2)24-15-14-20(3)16-25(24)28-26(27)23(17-21-10-6-4-7-11-21)18-22-12-8-5-9-13-22/h4-13,17,19-20,24-25H,14-16,18H2,1-3H3/t20-,24-,25+/m0/s1. The first kappa shape index (κ1) is 20.4. The van der Waals surface area contributed by atoms with Crippen molar-refractivity contribution in [3.8, 4) is 0 Å². The highest BCUT2D eigenvalue weighted by atomic mass is 16.5. The molecule has 1 fully saturated rings. The predicted octanol–water partition coefficient (Wildman–Crippen LogP) is 6.32. The third-order valence-corrected chi connectivity index (χ3v) is 5.86. The second kappa shape index (κ2) is 9.73. The minimum Gasteiger partial charge on any atom is -0.459 e. The van der Waals surface area contributed by atoms with Gasteiger partial charge in [-0.15, -0.1) is 0 Å². The van der Waals surface area contributed by atoms with Crippen LogP contribution < -0.4 is 0 Å². The van der Waals surface area contributed by atoms with E-state index in [2.05, 4.69) is 32.9 Å². The second-order valence-corrected chi connectivity index (χ2v) is 8.51. The van der Waals surface area contributed by atoms with Crippen molar-refractivity contribution in [3.63, 3.8) is 0 Å². The van der Waals surface area contributed by atoms with Crippen molar-refractivity contribution in [1.29, 1.82) is 0 Å². The summed E-state index contributed by atoms with van der Waals surface area (Å²) >= 11 is 0. The van der Waals surface area contributed by atoms with Crippen molar-refractivity contribution in [2.75, 3.05) is 0 Å². The molecule has 148 valence electrons. The van der Waals surface area contributed by atoms with Crippen LogP contribution in [-0.2, 0) is 16.0 Å². The molecule has 2 aromatic carbocycles. The maximum absolute atomic E-state index is 13.2. The van der Waals surface area contributed by atoms with E-state index in [-0.39, 0.29) is 12.1 Å². The van der Waals surface area contributed by atoms with Crippen LogP contribution in [0, 0.1) is 17.8 Å². The van der Waals surface area contributed by atoms with Crippen molar-refractivity contribution in [2.45, 2.75) is 52.6 Å². The first-order valence-corrected chi connectivity index (χ1v) is 10.5. The molecule has 0 N–H and O–H groups in total. The topological polar surface area (TPSA) is 26.3 Å². The van der Waals surface area contributed by atoms with E-state index in [1.807, 2.05) is 54.6 Å². The summed E-state index contributed by atoms with van der Waals surface area (Å²) in [6.07, 6.45) is 5.93. The van der Waals surface area contributed by atoms with E-state index in [1.165, 1.54) is 6.42 Å². The molecule has 0 heterocycles. The zero-order chi connectivity index (χ0) is 19.9. The van der Waals surface area contributed by atoms with Gasteiger partial charge in [0.1, 0.15) is 6.10 Å². The van der Waals surface area contributed by atoms with Gasteiger partial charge in [0.05, 0.1) is 0 Å². The lowest BCUT2D eigenvalue weighted by atomic mass is 9.75. The maximum Gasteiger partial charge on any atom is 0.334 e. The van der Waals surface area contributed by atoms with Crippen molar-refractivity contribution >= 4 is 12.0 Å². The second-order valence-electron chi connectivity index (χ2n) is 8.51. The van der Waals surface area contributed by atoms with Crippen LogP contribution in [0.4, 0.5) is 0 Å². The van der Waals surface area contributed by atoms with Crippen molar-refractivity contribution in [3.05, 3.63) is 77.4 Å². The van der Waals surface area contributed by atoms with Crippen molar-refractivity contribution < 1.29 is 9.53 Å². The maximum atomic E-state index is 13.2. The molecule has 0 bridgehead atoms. The zero-order valence-corrected chi connectivity index (χ0v) is 17.3. The molecule has 28 heavy (non-hydrogen) atoms. The molecule has 3 atom stereocenters. The van der Waals surface area contributed by atoms with Gasteiger partial charge in [0.25, 0.3) is 0 Å². The van der Waals surface area contributed by atoms with Crippen LogP contribution in [0.3, 0.4) is 0 Å². The number of benzene rings is 2. The molecule has 2 heteroatoms. The first-order valence-electron chi connectivity index (χ1n) is 10.5. The lowest BCUT2D eigenvalue weighted by molar-refractivity contribution is -0.151. The average molecular weight is 377 g/mol. The number of carbonyl (C=O) groups excluding carboxylic acids is 1. The van der Waals surface area contributed by atoms with Crippen LogP contribution in [0.5, 0.6) is 0 Å². The molecule has 0 amide bonds. The van der Waals surface area contributed by atoms with E-state index >= 15 is 0 Å². The van der Waals surface area contributed by atoms with Crippen LogP contribution >= 0.6 is 0 Å². The third kappa shape index (κ3) is 5.58. The Morgan fingerprint density at radius 2 is 1.68 bits per heavy atom.